The molecule has 10 heteroatoms. The summed E-state index contributed by atoms with van der Waals surface area (Å²) in [6.45, 7) is 4.93. The lowest BCUT2D eigenvalue weighted by Crippen LogP contribution is -2.42. The SMILES string of the molecule is COc1nccc(OC2CCN(C(=O)c3nc4nc(C)cc(C)n4n3)CC2)n1. The van der Waals surface area contributed by atoms with Gasteiger partial charge in [-0.05, 0) is 19.9 Å². The Morgan fingerprint density at radius 2 is 1.96 bits per heavy atom. The average molecular weight is 383 g/mol. The number of ether oxygens (including phenoxy) is 2. The molecule has 0 spiro atoms. The molecule has 0 bridgehead atoms. The van der Waals surface area contributed by atoms with Gasteiger partial charge in [0.05, 0.1) is 7.11 Å². The van der Waals surface area contributed by atoms with Crippen LogP contribution in [0, 0.1) is 13.8 Å². The quantitative estimate of drug-likeness (QED) is 0.662. The normalized spacial score (nSPS) is 15.0. The monoisotopic (exact) mass is 383 g/mol. The minimum Gasteiger partial charge on any atom is -0.474 e. The number of rotatable bonds is 4. The third-order valence-corrected chi connectivity index (χ3v) is 4.62. The molecule has 0 atom stereocenters. The third kappa shape index (κ3) is 3.57. The maximum absolute atomic E-state index is 12.8. The lowest BCUT2D eigenvalue weighted by atomic mass is 10.1. The number of hydrogen-bond acceptors (Lipinski definition) is 8. The molecule has 1 fully saturated rings. The minimum atomic E-state index is -0.190. The zero-order valence-electron chi connectivity index (χ0n) is 16.0. The lowest BCUT2D eigenvalue weighted by molar-refractivity contribution is 0.0576. The highest BCUT2D eigenvalue weighted by Crippen LogP contribution is 2.19. The number of fused-ring (bicyclic) bond motifs is 1. The summed E-state index contributed by atoms with van der Waals surface area (Å²) in [7, 11) is 1.51. The standard InChI is InChI=1S/C18H21N7O3/c1-11-10-12(2)25-17(20-11)22-15(23-25)16(26)24-8-5-13(6-9-24)28-14-4-7-19-18(21-14)27-3/h4,7,10,13H,5-6,8-9H2,1-3H3. The molecule has 4 rings (SSSR count). The van der Waals surface area contributed by atoms with Crippen molar-refractivity contribution in [3.8, 4) is 11.9 Å². The van der Waals surface area contributed by atoms with Crippen molar-refractivity contribution in [2.75, 3.05) is 20.2 Å². The highest BCUT2D eigenvalue weighted by Gasteiger charge is 2.27. The fourth-order valence-corrected chi connectivity index (χ4v) is 3.24. The number of carbonyl (C=O) groups excluding carboxylic acids is 1. The highest BCUT2D eigenvalue weighted by molar-refractivity contribution is 5.91. The van der Waals surface area contributed by atoms with Crippen LogP contribution in [0.3, 0.4) is 0 Å². The minimum absolute atomic E-state index is 0.0238. The van der Waals surface area contributed by atoms with E-state index in [0.29, 0.717) is 37.6 Å². The zero-order chi connectivity index (χ0) is 19.7. The van der Waals surface area contributed by atoms with Gasteiger partial charge < -0.3 is 14.4 Å². The molecule has 1 saturated heterocycles. The molecule has 4 heterocycles. The summed E-state index contributed by atoms with van der Waals surface area (Å²) < 4.78 is 12.5. The average Bonchev–Trinajstić information content (AvgIpc) is 3.12. The second-order valence-electron chi connectivity index (χ2n) is 6.68. The number of nitrogens with zero attached hydrogens (tertiary/aromatic N) is 7. The number of aryl methyl sites for hydroxylation is 2. The van der Waals surface area contributed by atoms with Crippen LogP contribution in [0.25, 0.3) is 5.78 Å². The second kappa shape index (κ2) is 7.37. The van der Waals surface area contributed by atoms with Crippen molar-refractivity contribution in [1.29, 1.82) is 0 Å². The van der Waals surface area contributed by atoms with Crippen molar-refractivity contribution in [1.82, 2.24) is 34.4 Å². The smallest absolute Gasteiger partial charge is 0.319 e. The van der Waals surface area contributed by atoms with E-state index in [0.717, 1.165) is 11.4 Å². The Balaban J connectivity index is 1.40. The molecular weight excluding hydrogens is 362 g/mol. The van der Waals surface area contributed by atoms with E-state index < -0.39 is 0 Å². The summed E-state index contributed by atoms with van der Waals surface area (Å²) in [5.74, 6) is 0.887. The number of methoxy groups -OCH3 is 1. The molecule has 10 nitrogen and oxygen atoms in total. The number of carbonyl (C=O) groups is 1. The highest BCUT2D eigenvalue weighted by atomic mass is 16.5. The van der Waals surface area contributed by atoms with Gasteiger partial charge in [0.2, 0.25) is 11.7 Å². The molecule has 1 aliphatic rings. The first-order valence-electron chi connectivity index (χ1n) is 9.07. The molecule has 0 saturated carbocycles. The Morgan fingerprint density at radius 1 is 1.18 bits per heavy atom. The molecule has 0 aromatic carbocycles. The first-order chi connectivity index (χ1) is 13.5. The first kappa shape index (κ1) is 18.1. The van der Waals surface area contributed by atoms with Gasteiger partial charge in [-0.2, -0.15) is 9.97 Å². The fraction of sp³-hybridized carbons (Fsp3) is 0.444. The van der Waals surface area contributed by atoms with E-state index in [9.17, 15) is 4.79 Å². The van der Waals surface area contributed by atoms with Crippen LogP contribution in [0.5, 0.6) is 11.9 Å². The van der Waals surface area contributed by atoms with Crippen molar-refractivity contribution in [2.45, 2.75) is 32.8 Å². The van der Waals surface area contributed by atoms with Crippen LogP contribution in [0.15, 0.2) is 18.3 Å². The predicted octanol–water partition coefficient (Wildman–Crippen LogP) is 1.22. The molecule has 0 unspecified atom stereocenters. The van der Waals surface area contributed by atoms with Crippen LogP contribution in [0.2, 0.25) is 0 Å². The van der Waals surface area contributed by atoms with Crippen LogP contribution in [-0.4, -0.2) is 66.7 Å². The molecule has 146 valence electrons. The number of hydrogen-bond donors (Lipinski definition) is 0. The Morgan fingerprint density at radius 3 is 2.71 bits per heavy atom. The molecule has 3 aromatic rings. The molecule has 3 aromatic heterocycles. The van der Waals surface area contributed by atoms with Crippen molar-refractivity contribution in [3.63, 3.8) is 0 Å². The van der Waals surface area contributed by atoms with Gasteiger partial charge in [0.15, 0.2) is 0 Å². The molecule has 1 aliphatic heterocycles. The summed E-state index contributed by atoms with van der Waals surface area (Å²) >= 11 is 0. The van der Waals surface area contributed by atoms with Gasteiger partial charge in [0.1, 0.15) is 6.10 Å². The molecular formula is C18H21N7O3. The second-order valence-corrected chi connectivity index (χ2v) is 6.68. The Hall–Kier alpha value is -3.30. The largest absolute Gasteiger partial charge is 0.474 e. The zero-order valence-corrected chi connectivity index (χ0v) is 16.0. The third-order valence-electron chi connectivity index (χ3n) is 4.62. The van der Waals surface area contributed by atoms with Crippen LogP contribution in [0.4, 0.5) is 0 Å². The number of amides is 1. The molecule has 0 aliphatic carbocycles. The Bertz CT molecular complexity index is 1010. The van der Waals surface area contributed by atoms with Gasteiger partial charge in [0.25, 0.3) is 11.7 Å². The van der Waals surface area contributed by atoms with E-state index in [2.05, 4.69) is 25.0 Å². The predicted molar refractivity (Wildman–Crippen MR) is 98.4 cm³/mol. The number of likely N-dealkylation sites (tertiary alicyclic amines) is 1. The van der Waals surface area contributed by atoms with E-state index in [1.807, 2.05) is 19.9 Å². The van der Waals surface area contributed by atoms with Crippen LogP contribution < -0.4 is 9.47 Å². The van der Waals surface area contributed by atoms with Gasteiger partial charge in [-0.3, -0.25) is 4.79 Å². The summed E-state index contributed by atoms with van der Waals surface area (Å²) in [6.07, 6.45) is 2.96. The first-order valence-corrected chi connectivity index (χ1v) is 9.07. The van der Waals surface area contributed by atoms with E-state index in [1.165, 1.54) is 7.11 Å². The van der Waals surface area contributed by atoms with Gasteiger partial charge in [0, 0.05) is 49.6 Å². The number of aromatic nitrogens is 6. The fourth-order valence-electron chi connectivity index (χ4n) is 3.24. The van der Waals surface area contributed by atoms with Gasteiger partial charge in [-0.15, -0.1) is 5.10 Å². The molecule has 0 N–H and O–H groups in total. The van der Waals surface area contributed by atoms with Crippen LogP contribution >= 0.6 is 0 Å². The van der Waals surface area contributed by atoms with E-state index in [4.69, 9.17) is 9.47 Å². The Labute approximate surface area is 161 Å². The maximum atomic E-state index is 12.8. The van der Waals surface area contributed by atoms with E-state index >= 15 is 0 Å². The summed E-state index contributed by atoms with van der Waals surface area (Å²) in [4.78, 5) is 31.3. The van der Waals surface area contributed by atoms with Crippen molar-refractivity contribution in [3.05, 3.63) is 35.5 Å². The summed E-state index contributed by atoms with van der Waals surface area (Å²) in [5.41, 5.74) is 1.73. The van der Waals surface area contributed by atoms with Gasteiger partial charge in [-0.25, -0.2) is 14.5 Å². The molecule has 1 amide bonds. The summed E-state index contributed by atoms with van der Waals surface area (Å²) in [5, 5.41) is 4.32. The lowest BCUT2D eigenvalue weighted by Gasteiger charge is -2.31. The van der Waals surface area contributed by atoms with E-state index in [-0.39, 0.29) is 23.8 Å². The maximum Gasteiger partial charge on any atom is 0.319 e. The van der Waals surface area contributed by atoms with Crippen molar-refractivity contribution >= 4 is 11.7 Å². The molecule has 0 radical (unpaired) electrons. The van der Waals surface area contributed by atoms with Crippen LogP contribution in [0.1, 0.15) is 34.8 Å². The van der Waals surface area contributed by atoms with Crippen molar-refractivity contribution in [2.24, 2.45) is 0 Å². The topological polar surface area (TPSA) is 108 Å². The summed E-state index contributed by atoms with van der Waals surface area (Å²) in [6, 6.07) is 3.86. The molecule has 28 heavy (non-hydrogen) atoms. The number of piperidine rings is 1. The van der Waals surface area contributed by atoms with Crippen LogP contribution in [-0.2, 0) is 0 Å². The van der Waals surface area contributed by atoms with Gasteiger partial charge in [-0.1, -0.05) is 0 Å². The van der Waals surface area contributed by atoms with E-state index in [1.54, 1.807) is 21.7 Å². The van der Waals surface area contributed by atoms with Gasteiger partial charge >= 0.3 is 6.01 Å². The Kier molecular flexibility index (Phi) is 4.76. The van der Waals surface area contributed by atoms with Crippen molar-refractivity contribution < 1.29 is 14.3 Å².